The monoisotopic (exact) mass is 337 g/mol. The van der Waals surface area contributed by atoms with E-state index in [1.165, 1.54) is 0 Å². The van der Waals surface area contributed by atoms with E-state index in [1.807, 2.05) is 0 Å². The summed E-state index contributed by atoms with van der Waals surface area (Å²) in [6.07, 6.45) is 2.14. The Hall–Kier alpha value is -0.330. The second-order valence-electron chi connectivity index (χ2n) is 5.14. The standard InChI is InChI=1S/C13H17Cl2NO3S/c14-11-4-9(5-12(15)6-11)8-20(18,19)16-7-10-2-1-3-13(10)17/h4-6,10,13,16-17H,1-3,7-8H2. The van der Waals surface area contributed by atoms with Gasteiger partial charge in [-0.05, 0) is 42.5 Å². The van der Waals surface area contributed by atoms with Crippen LogP contribution in [0.25, 0.3) is 0 Å². The first-order valence-corrected chi connectivity index (χ1v) is 8.87. The maximum Gasteiger partial charge on any atom is 0.215 e. The molecule has 1 aromatic carbocycles. The van der Waals surface area contributed by atoms with Gasteiger partial charge in [-0.3, -0.25) is 0 Å². The lowest BCUT2D eigenvalue weighted by molar-refractivity contribution is 0.134. The summed E-state index contributed by atoms with van der Waals surface area (Å²) >= 11 is 11.7. The van der Waals surface area contributed by atoms with E-state index < -0.39 is 16.1 Å². The molecule has 0 amide bonds. The highest BCUT2D eigenvalue weighted by Crippen LogP contribution is 2.25. The fourth-order valence-corrected chi connectivity index (χ4v) is 4.20. The Balaban J connectivity index is 1.96. The molecule has 20 heavy (non-hydrogen) atoms. The van der Waals surface area contributed by atoms with Gasteiger partial charge in [-0.2, -0.15) is 0 Å². The molecule has 4 nitrogen and oxygen atoms in total. The predicted octanol–water partition coefficient (Wildman–Crippen LogP) is 2.57. The third-order valence-electron chi connectivity index (χ3n) is 3.46. The van der Waals surface area contributed by atoms with Crippen molar-refractivity contribution in [2.45, 2.75) is 31.1 Å². The third kappa shape index (κ3) is 4.60. The van der Waals surface area contributed by atoms with Gasteiger partial charge < -0.3 is 5.11 Å². The molecule has 1 aliphatic rings. The minimum atomic E-state index is -3.46. The van der Waals surface area contributed by atoms with Crippen LogP contribution in [0.15, 0.2) is 18.2 Å². The molecule has 2 unspecified atom stereocenters. The number of sulfonamides is 1. The molecule has 1 aromatic rings. The predicted molar refractivity (Wildman–Crippen MR) is 80.4 cm³/mol. The normalized spacial score (nSPS) is 23.1. The van der Waals surface area contributed by atoms with Gasteiger partial charge in [0.1, 0.15) is 0 Å². The number of rotatable bonds is 5. The largest absolute Gasteiger partial charge is 0.393 e. The van der Waals surface area contributed by atoms with Crippen LogP contribution in [0, 0.1) is 5.92 Å². The average molecular weight is 338 g/mol. The summed E-state index contributed by atoms with van der Waals surface area (Å²) in [5, 5.41) is 10.5. The molecule has 0 heterocycles. The van der Waals surface area contributed by atoms with E-state index in [1.54, 1.807) is 18.2 Å². The van der Waals surface area contributed by atoms with E-state index >= 15 is 0 Å². The van der Waals surface area contributed by atoms with Crippen LogP contribution in [0.5, 0.6) is 0 Å². The van der Waals surface area contributed by atoms with E-state index in [-0.39, 0.29) is 18.2 Å². The van der Waals surface area contributed by atoms with Gasteiger partial charge in [0.25, 0.3) is 0 Å². The Morgan fingerprint density at radius 3 is 2.40 bits per heavy atom. The van der Waals surface area contributed by atoms with Gasteiger partial charge in [0, 0.05) is 16.6 Å². The van der Waals surface area contributed by atoms with E-state index in [4.69, 9.17) is 23.2 Å². The molecule has 0 radical (unpaired) electrons. The lowest BCUT2D eigenvalue weighted by atomic mass is 10.1. The van der Waals surface area contributed by atoms with Gasteiger partial charge in [0.2, 0.25) is 10.0 Å². The molecule has 112 valence electrons. The van der Waals surface area contributed by atoms with E-state index in [9.17, 15) is 13.5 Å². The van der Waals surface area contributed by atoms with E-state index in [0.29, 0.717) is 15.6 Å². The molecule has 1 aliphatic carbocycles. The summed E-state index contributed by atoms with van der Waals surface area (Å²) < 4.78 is 26.6. The molecule has 1 saturated carbocycles. The van der Waals surface area contributed by atoms with Crippen LogP contribution in [0.1, 0.15) is 24.8 Å². The molecule has 2 N–H and O–H groups in total. The van der Waals surface area contributed by atoms with E-state index in [0.717, 1.165) is 19.3 Å². The minimum Gasteiger partial charge on any atom is -0.393 e. The van der Waals surface area contributed by atoms with Gasteiger partial charge in [0.15, 0.2) is 0 Å². The Bertz CT molecular complexity index is 557. The summed E-state index contributed by atoms with van der Waals surface area (Å²) in [4.78, 5) is 0. The second kappa shape index (κ2) is 6.62. The SMILES string of the molecule is O=S(=O)(Cc1cc(Cl)cc(Cl)c1)NCC1CCCC1O. The highest BCUT2D eigenvalue weighted by Gasteiger charge is 2.26. The Morgan fingerprint density at radius 1 is 1.20 bits per heavy atom. The molecular formula is C13H17Cl2NO3S. The van der Waals surface area contributed by atoms with Crippen LogP contribution >= 0.6 is 23.2 Å². The topological polar surface area (TPSA) is 66.4 Å². The molecule has 0 bridgehead atoms. The van der Waals surface area contributed by atoms with Crippen molar-refractivity contribution in [1.82, 2.24) is 4.72 Å². The number of nitrogens with one attached hydrogen (secondary N) is 1. The molecule has 7 heteroatoms. The van der Waals surface area contributed by atoms with Crippen LogP contribution in [0.3, 0.4) is 0 Å². The summed E-state index contributed by atoms with van der Waals surface area (Å²) in [5.74, 6) is -0.163. The average Bonchev–Trinajstić information content (AvgIpc) is 2.70. The zero-order chi connectivity index (χ0) is 14.8. The first-order valence-electron chi connectivity index (χ1n) is 6.46. The molecular weight excluding hydrogens is 321 g/mol. The number of benzene rings is 1. The summed E-state index contributed by atoms with van der Waals surface area (Å²) in [6.45, 7) is 0.276. The smallest absolute Gasteiger partial charge is 0.215 e. The van der Waals surface area contributed by atoms with Crippen molar-refractivity contribution in [3.8, 4) is 0 Å². The molecule has 0 aliphatic heterocycles. The van der Waals surface area contributed by atoms with Gasteiger partial charge >= 0.3 is 0 Å². The van der Waals surface area contributed by atoms with Gasteiger partial charge in [0.05, 0.1) is 11.9 Å². The Labute approximate surface area is 129 Å². The van der Waals surface area contributed by atoms with Crippen molar-refractivity contribution in [1.29, 1.82) is 0 Å². The summed E-state index contributed by atoms with van der Waals surface area (Å²) in [5.41, 5.74) is 0.543. The fourth-order valence-electron chi connectivity index (χ4n) is 2.45. The molecule has 1 fully saturated rings. The molecule has 0 spiro atoms. The zero-order valence-corrected chi connectivity index (χ0v) is 13.2. The fraction of sp³-hybridized carbons (Fsp3) is 0.538. The van der Waals surface area contributed by atoms with E-state index in [2.05, 4.69) is 4.72 Å². The number of aliphatic hydroxyl groups is 1. The van der Waals surface area contributed by atoms with Crippen LogP contribution in [-0.4, -0.2) is 26.2 Å². The highest BCUT2D eigenvalue weighted by molar-refractivity contribution is 7.88. The quantitative estimate of drug-likeness (QED) is 0.867. The third-order valence-corrected chi connectivity index (χ3v) is 5.22. The number of hydrogen-bond acceptors (Lipinski definition) is 3. The maximum absolute atomic E-state index is 12.0. The van der Waals surface area contributed by atoms with Crippen LogP contribution < -0.4 is 4.72 Å². The van der Waals surface area contributed by atoms with Crippen molar-refractivity contribution < 1.29 is 13.5 Å². The van der Waals surface area contributed by atoms with Crippen molar-refractivity contribution >= 4 is 33.2 Å². The molecule has 0 aromatic heterocycles. The number of hydrogen-bond donors (Lipinski definition) is 2. The first-order chi connectivity index (χ1) is 9.35. The Morgan fingerprint density at radius 2 is 1.85 bits per heavy atom. The minimum absolute atomic E-state index is 0.00715. The van der Waals surface area contributed by atoms with Crippen LogP contribution in [0.4, 0.5) is 0 Å². The molecule has 2 rings (SSSR count). The van der Waals surface area contributed by atoms with Gasteiger partial charge in [-0.15, -0.1) is 0 Å². The maximum atomic E-state index is 12.0. The lowest BCUT2D eigenvalue weighted by Crippen LogP contribution is -2.33. The van der Waals surface area contributed by atoms with Crippen LogP contribution in [0.2, 0.25) is 10.0 Å². The van der Waals surface area contributed by atoms with Gasteiger partial charge in [-0.25, -0.2) is 13.1 Å². The van der Waals surface area contributed by atoms with Crippen molar-refractivity contribution in [3.05, 3.63) is 33.8 Å². The van der Waals surface area contributed by atoms with Crippen molar-refractivity contribution in [2.24, 2.45) is 5.92 Å². The zero-order valence-electron chi connectivity index (χ0n) is 10.9. The molecule has 0 saturated heterocycles. The van der Waals surface area contributed by atoms with Crippen molar-refractivity contribution in [3.63, 3.8) is 0 Å². The number of aliphatic hydroxyl groups excluding tert-OH is 1. The molecule has 2 atom stereocenters. The lowest BCUT2D eigenvalue weighted by Gasteiger charge is -2.15. The second-order valence-corrected chi connectivity index (χ2v) is 7.82. The summed E-state index contributed by atoms with van der Waals surface area (Å²) in [6, 6.07) is 4.72. The van der Waals surface area contributed by atoms with Gasteiger partial charge in [-0.1, -0.05) is 29.6 Å². The van der Waals surface area contributed by atoms with Crippen LogP contribution in [-0.2, 0) is 15.8 Å². The first kappa shape index (κ1) is 16.0. The summed E-state index contributed by atoms with van der Waals surface area (Å²) in [7, 11) is -3.46. The number of halogens is 2. The highest BCUT2D eigenvalue weighted by atomic mass is 35.5. The Kier molecular flexibility index (Phi) is 5.31. The van der Waals surface area contributed by atoms with Crippen molar-refractivity contribution in [2.75, 3.05) is 6.54 Å².